The van der Waals surface area contributed by atoms with E-state index in [9.17, 15) is 0 Å². The first-order valence-electron chi connectivity index (χ1n) is 6.08. The minimum absolute atomic E-state index is 0.299. The molecule has 1 N–H and O–H groups in total. The highest BCUT2D eigenvalue weighted by atomic mass is 35.5. The van der Waals surface area contributed by atoms with Crippen molar-refractivity contribution >= 4 is 17.3 Å². The third kappa shape index (κ3) is 3.33. The zero-order valence-electron chi connectivity index (χ0n) is 10.5. The molecule has 0 spiro atoms. The molecule has 1 aliphatic heterocycles. The molecule has 1 aliphatic rings. The minimum Gasteiger partial charge on any atom is -0.380 e. The van der Waals surface area contributed by atoms with Gasteiger partial charge < -0.3 is 10.1 Å². The van der Waals surface area contributed by atoms with E-state index in [1.54, 1.807) is 6.20 Å². The second-order valence-corrected chi connectivity index (χ2v) is 5.28. The highest BCUT2D eigenvalue weighted by molar-refractivity contribution is 6.31. The van der Waals surface area contributed by atoms with E-state index in [0.29, 0.717) is 23.4 Å². The summed E-state index contributed by atoms with van der Waals surface area (Å²) >= 11 is 6.08. The molecule has 2 unspecified atom stereocenters. The smallest absolute Gasteiger partial charge is 0.152 e. The van der Waals surface area contributed by atoms with Gasteiger partial charge in [0.15, 0.2) is 5.15 Å². The average Bonchev–Trinajstić information content (AvgIpc) is 2.22. The van der Waals surface area contributed by atoms with E-state index < -0.39 is 0 Å². The second kappa shape index (κ2) is 5.23. The lowest BCUT2D eigenvalue weighted by molar-refractivity contribution is -0.0337. The van der Waals surface area contributed by atoms with Crippen molar-refractivity contribution in [2.24, 2.45) is 0 Å². The van der Waals surface area contributed by atoms with Crippen molar-refractivity contribution in [2.75, 3.05) is 5.32 Å². The number of nitrogens with one attached hydrogen (secondary N) is 1. The van der Waals surface area contributed by atoms with Crippen molar-refractivity contribution in [3.63, 3.8) is 0 Å². The molecule has 2 heterocycles. The van der Waals surface area contributed by atoms with Crippen LogP contribution in [-0.4, -0.2) is 23.2 Å². The Morgan fingerprint density at radius 1 is 1.35 bits per heavy atom. The van der Waals surface area contributed by atoms with E-state index in [1.807, 2.05) is 13.0 Å². The van der Waals surface area contributed by atoms with Crippen LogP contribution < -0.4 is 5.32 Å². The van der Waals surface area contributed by atoms with E-state index in [0.717, 1.165) is 24.1 Å². The molecule has 1 saturated heterocycles. The normalized spacial score (nSPS) is 29.1. The zero-order valence-corrected chi connectivity index (χ0v) is 11.3. The molecule has 94 valence electrons. The maximum Gasteiger partial charge on any atom is 0.152 e. The van der Waals surface area contributed by atoms with Gasteiger partial charge in [-0.15, -0.1) is 0 Å². The van der Waals surface area contributed by atoms with Crippen LogP contribution in [0.3, 0.4) is 0 Å². The summed E-state index contributed by atoms with van der Waals surface area (Å²) < 4.78 is 5.72. The molecule has 4 heteroatoms. The summed E-state index contributed by atoms with van der Waals surface area (Å²) in [6.07, 6.45) is 4.40. The van der Waals surface area contributed by atoms with Gasteiger partial charge >= 0.3 is 0 Å². The van der Waals surface area contributed by atoms with Crippen LogP contribution in [0.5, 0.6) is 0 Å². The molecule has 2 atom stereocenters. The lowest BCUT2D eigenvalue weighted by Gasteiger charge is -2.33. The second-order valence-electron chi connectivity index (χ2n) is 4.92. The molecule has 0 radical (unpaired) electrons. The Balaban J connectivity index is 2.07. The van der Waals surface area contributed by atoms with E-state index in [4.69, 9.17) is 16.3 Å². The average molecular weight is 255 g/mol. The molecule has 17 heavy (non-hydrogen) atoms. The minimum atomic E-state index is 0.299. The molecule has 0 aromatic carbocycles. The van der Waals surface area contributed by atoms with Gasteiger partial charge in [0, 0.05) is 12.2 Å². The van der Waals surface area contributed by atoms with Gasteiger partial charge in [0.05, 0.1) is 17.9 Å². The van der Waals surface area contributed by atoms with Crippen LogP contribution in [0.2, 0.25) is 5.15 Å². The first kappa shape index (κ1) is 12.7. The molecule has 3 nitrogen and oxygen atoms in total. The molecule has 0 saturated carbocycles. The Hall–Kier alpha value is -0.800. The number of anilines is 1. The van der Waals surface area contributed by atoms with Crippen LogP contribution in [0.4, 0.5) is 5.69 Å². The maximum absolute atomic E-state index is 6.08. The van der Waals surface area contributed by atoms with Crippen molar-refractivity contribution < 1.29 is 4.74 Å². The van der Waals surface area contributed by atoms with Crippen LogP contribution in [0.15, 0.2) is 12.3 Å². The van der Waals surface area contributed by atoms with Gasteiger partial charge in [-0.3, -0.25) is 0 Å². The summed E-state index contributed by atoms with van der Waals surface area (Å²) in [5.41, 5.74) is 2.04. The first-order valence-corrected chi connectivity index (χ1v) is 6.46. The van der Waals surface area contributed by atoms with Crippen LogP contribution in [0.25, 0.3) is 0 Å². The fourth-order valence-electron chi connectivity index (χ4n) is 2.40. The molecule has 2 rings (SSSR count). The van der Waals surface area contributed by atoms with Gasteiger partial charge in [-0.1, -0.05) is 11.6 Å². The predicted molar refractivity (Wildman–Crippen MR) is 70.6 cm³/mol. The van der Waals surface area contributed by atoms with Gasteiger partial charge in [0.1, 0.15) is 0 Å². The lowest BCUT2D eigenvalue weighted by Crippen LogP contribution is -2.37. The molecule has 0 amide bonds. The first-order chi connectivity index (χ1) is 8.04. The van der Waals surface area contributed by atoms with Crippen LogP contribution in [-0.2, 0) is 4.74 Å². The maximum atomic E-state index is 6.08. The standard InChI is InChI=1S/C13H19ClN2O/c1-8-4-12(13(14)15-7-8)16-11-5-9(2)17-10(3)6-11/h4,7,9-11,16H,5-6H2,1-3H3. The quantitative estimate of drug-likeness (QED) is 0.822. The fourth-order valence-corrected chi connectivity index (χ4v) is 2.55. The van der Waals surface area contributed by atoms with Gasteiger partial charge in [0.25, 0.3) is 0 Å². The zero-order chi connectivity index (χ0) is 12.4. The SMILES string of the molecule is Cc1cnc(Cl)c(NC2CC(C)OC(C)C2)c1. The van der Waals surface area contributed by atoms with Crippen molar-refractivity contribution in [1.29, 1.82) is 0 Å². The summed E-state index contributed by atoms with van der Waals surface area (Å²) in [5, 5.41) is 4.02. The van der Waals surface area contributed by atoms with Gasteiger partial charge in [-0.25, -0.2) is 4.98 Å². The Morgan fingerprint density at radius 2 is 2.00 bits per heavy atom. The highest BCUT2D eigenvalue weighted by Crippen LogP contribution is 2.26. The Kier molecular flexibility index (Phi) is 3.89. The molecule has 1 aromatic rings. The number of aromatic nitrogens is 1. The number of hydrogen-bond acceptors (Lipinski definition) is 3. The molecule has 0 aliphatic carbocycles. The van der Waals surface area contributed by atoms with Gasteiger partial charge in [-0.05, 0) is 45.2 Å². The molecule has 0 bridgehead atoms. The number of halogens is 1. The van der Waals surface area contributed by atoms with Crippen molar-refractivity contribution in [3.8, 4) is 0 Å². The number of aryl methyl sites for hydroxylation is 1. The topological polar surface area (TPSA) is 34.2 Å². The van der Waals surface area contributed by atoms with Crippen molar-refractivity contribution in [2.45, 2.75) is 51.9 Å². The highest BCUT2D eigenvalue weighted by Gasteiger charge is 2.24. The predicted octanol–water partition coefficient (Wildman–Crippen LogP) is 3.41. The monoisotopic (exact) mass is 254 g/mol. The number of nitrogens with zero attached hydrogens (tertiary/aromatic N) is 1. The van der Waals surface area contributed by atoms with E-state index in [-0.39, 0.29) is 0 Å². The summed E-state index contributed by atoms with van der Waals surface area (Å²) in [7, 11) is 0. The number of rotatable bonds is 2. The summed E-state index contributed by atoms with van der Waals surface area (Å²) in [4.78, 5) is 4.15. The molecule has 1 fully saturated rings. The summed E-state index contributed by atoms with van der Waals surface area (Å²) in [6.45, 7) is 6.24. The number of hydrogen-bond donors (Lipinski definition) is 1. The summed E-state index contributed by atoms with van der Waals surface area (Å²) in [6, 6.07) is 2.45. The lowest BCUT2D eigenvalue weighted by atomic mass is 9.99. The summed E-state index contributed by atoms with van der Waals surface area (Å²) in [5.74, 6) is 0. The van der Waals surface area contributed by atoms with Gasteiger partial charge in [-0.2, -0.15) is 0 Å². The Labute approximate surface area is 108 Å². The third-order valence-corrected chi connectivity index (χ3v) is 3.33. The molecule has 1 aromatic heterocycles. The van der Waals surface area contributed by atoms with E-state index in [2.05, 4.69) is 24.1 Å². The van der Waals surface area contributed by atoms with Crippen LogP contribution >= 0.6 is 11.6 Å². The number of ether oxygens (including phenoxy) is 1. The van der Waals surface area contributed by atoms with Crippen molar-refractivity contribution in [1.82, 2.24) is 4.98 Å². The molecular formula is C13H19ClN2O. The fraction of sp³-hybridized carbons (Fsp3) is 0.615. The largest absolute Gasteiger partial charge is 0.380 e. The van der Waals surface area contributed by atoms with Crippen molar-refractivity contribution in [3.05, 3.63) is 23.0 Å². The molecular weight excluding hydrogens is 236 g/mol. The Bertz CT molecular complexity index is 387. The van der Waals surface area contributed by atoms with Crippen LogP contribution in [0, 0.1) is 6.92 Å². The van der Waals surface area contributed by atoms with Gasteiger partial charge in [0.2, 0.25) is 0 Å². The third-order valence-electron chi connectivity index (χ3n) is 3.03. The number of pyridine rings is 1. The van der Waals surface area contributed by atoms with E-state index in [1.165, 1.54) is 0 Å². The van der Waals surface area contributed by atoms with Crippen LogP contribution in [0.1, 0.15) is 32.3 Å². The Morgan fingerprint density at radius 3 is 2.65 bits per heavy atom. The van der Waals surface area contributed by atoms with E-state index >= 15 is 0 Å².